The van der Waals surface area contributed by atoms with E-state index in [9.17, 15) is 12.8 Å². The van der Waals surface area contributed by atoms with Crippen LogP contribution in [0.2, 0.25) is 0 Å². The molecule has 78 valence electrons. The summed E-state index contributed by atoms with van der Waals surface area (Å²) in [7, 11) is 2.66. The molecule has 1 rings (SSSR count). The van der Waals surface area contributed by atoms with E-state index in [1.165, 1.54) is 19.2 Å². The minimum absolute atomic E-state index is 0.0285. The first kappa shape index (κ1) is 11.3. The predicted molar refractivity (Wildman–Crippen MR) is 51.4 cm³/mol. The minimum atomic E-state index is -3.73. The van der Waals surface area contributed by atoms with Crippen molar-refractivity contribution in [2.24, 2.45) is 0 Å². The number of methoxy groups -OCH3 is 1. The fraction of sp³-hybridized carbons (Fsp3) is 0.250. The third-order valence-corrected chi connectivity index (χ3v) is 2.57. The lowest BCUT2D eigenvalue weighted by Crippen LogP contribution is -1.98. The second kappa shape index (κ2) is 4.14. The van der Waals surface area contributed by atoms with Crippen molar-refractivity contribution in [3.8, 4) is 5.75 Å². The van der Waals surface area contributed by atoms with Crippen LogP contribution in [0.1, 0.15) is 5.56 Å². The molecule has 0 unspecified atom stereocenters. The van der Waals surface area contributed by atoms with Gasteiger partial charge in [0.25, 0.3) is 0 Å². The SMILES string of the molecule is COc1ccc(CS(=O)(=O)Cl)c(F)c1. The van der Waals surface area contributed by atoms with E-state index in [1.54, 1.807) is 0 Å². The molecule has 0 amide bonds. The van der Waals surface area contributed by atoms with E-state index >= 15 is 0 Å². The lowest BCUT2D eigenvalue weighted by atomic mass is 10.2. The molecule has 0 atom stereocenters. The van der Waals surface area contributed by atoms with Crippen LogP contribution in [0.3, 0.4) is 0 Å². The zero-order valence-corrected chi connectivity index (χ0v) is 8.90. The van der Waals surface area contributed by atoms with Gasteiger partial charge in [-0.25, -0.2) is 12.8 Å². The third-order valence-electron chi connectivity index (χ3n) is 1.59. The topological polar surface area (TPSA) is 43.4 Å². The Balaban J connectivity index is 3.01. The number of hydrogen-bond acceptors (Lipinski definition) is 3. The minimum Gasteiger partial charge on any atom is -0.497 e. The molecule has 0 bridgehead atoms. The van der Waals surface area contributed by atoms with Gasteiger partial charge >= 0.3 is 0 Å². The average Bonchev–Trinajstić information content (AvgIpc) is 2.06. The number of ether oxygens (including phenoxy) is 1. The molecule has 0 aromatic heterocycles. The number of halogens is 2. The van der Waals surface area contributed by atoms with Gasteiger partial charge in [-0.3, -0.25) is 0 Å². The van der Waals surface area contributed by atoms with Gasteiger partial charge in [-0.1, -0.05) is 6.07 Å². The Labute approximate surface area is 85.9 Å². The fourth-order valence-corrected chi connectivity index (χ4v) is 1.92. The van der Waals surface area contributed by atoms with Crippen LogP contribution in [-0.2, 0) is 14.8 Å². The van der Waals surface area contributed by atoms with E-state index in [0.29, 0.717) is 5.75 Å². The molecule has 0 saturated heterocycles. The summed E-state index contributed by atoms with van der Waals surface area (Å²) in [5, 5.41) is 0. The van der Waals surface area contributed by atoms with Crippen molar-refractivity contribution >= 4 is 19.7 Å². The fourth-order valence-electron chi connectivity index (χ4n) is 0.958. The summed E-state index contributed by atoms with van der Waals surface area (Å²) in [6, 6.07) is 3.91. The van der Waals surface area contributed by atoms with E-state index in [4.69, 9.17) is 15.4 Å². The van der Waals surface area contributed by atoms with Gasteiger partial charge in [0, 0.05) is 22.3 Å². The zero-order valence-electron chi connectivity index (χ0n) is 7.33. The van der Waals surface area contributed by atoms with Crippen LogP contribution in [0.25, 0.3) is 0 Å². The van der Waals surface area contributed by atoms with Crippen LogP contribution in [0.4, 0.5) is 4.39 Å². The highest BCUT2D eigenvalue weighted by Gasteiger charge is 2.11. The highest BCUT2D eigenvalue weighted by atomic mass is 35.7. The Hall–Kier alpha value is -0.810. The second-order valence-electron chi connectivity index (χ2n) is 2.64. The summed E-state index contributed by atoms with van der Waals surface area (Å²) >= 11 is 0. The first-order valence-corrected chi connectivity index (χ1v) is 6.15. The molecule has 0 N–H and O–H groups in total. The van der Waals surface area contributed by atoms with Crippen molar-refractivity contribution in [2.45, 2.75) is 5.75 Å². The van der Waals surface area contributed by atoms with Gasteiger partial charge in [0.05, 0.1) is 12.9 Å². The molecular formula is C8H8ClFO3S. The molecule has 0 heterocycles. The number of rotatable bonds is 3. The molecule has 0 aliphatic rings. The summed E-state index contributed by atoms with van der Waals surface area (Å²) in [5.74, 6) is -0.837. The van der Waals surface area contributed by atoms with E-state index in [1.807, 2.05) is 0 Å². The first-order valence-electron chi connectivity index (χ1n) is 3.67. The zero-order chi connectivity index (χ0) is 10.8. The van der Waals surface area contributed by atoms with Crippen LogP contribution in [0.5, 0.6) is 5.75 Å². The van der Waals surface area contributed by atoms with Crippen LogP contribution in [0.15, 0.2) is 18.2 Å². The molecule has 3 nitrogen and oxygen atoms in total. The maximum Gasteiger partial charge on any atom is 0.236 e. The van der Waals surface area contributed by atoms with Gasteiger partial charge < -0.3 is 4.74 Å². The van der Waals surface area contributed by atoms with Crippen molar-refractivity contribution < 1.29 is 17.5 Å². The second-order valence-corrected chi connectivity index (χ2v) is 5.42. The van der Waals surface area contributed by atoms with Gasteiger partial charge in [0.15, 0.2) is 0 Å². The van der Waals surface area contributed by atoms with E-state index in [2.05, 4.69) is 0 Å². The lowest BCUT2D eigenvalue weighted by molar-refractivity contribution is 0.411. The summed E-state index contributed by atoms with van der Waals surface area (Å²) in [4.78, 5) is 0. The van der Waals surface area contributed by atoms with Crippen molar-refractivity contribution in [1.82, 2.24) is 0 Å². The van der Waals surface area contributed by atoms with Crippen molar-refractivity contribution in [3.05, 3.63) is 29.6 Å². The standard InChI is InChI=1S/C8H8ClFO3S/c1-13-7-3-2-6(8(10)4-7)5-14(9,11)12/h2-4H,5H2,1H3. The Morgan fingerprint density at radius 3 is 2.57 bits per heavy atom. The van der Waals surface area contributed by atoms with Crippen LogP contribution in [-0.4, -0.2) is 15.5 Å². The molecule has 0 saturated carbocycles. The highest BCUT2D eigenvalue weighted by Crippen LogP contribution is 2.19. The molecule has 14 heavy (non-hydrogen) atoms. The first-order chi connectivity index (χ1) is 6.42. The summed E-state index contributed by atoms with van der Waals surface area (Å²) in [5.41, 5.74) is 0.0285. The van der Waals surface area contributed by atoms with Gasteiger partial charge in [-0.05, 0) is 6.07 Å². The van der Waals surface area contributed by atoms with Crippen LogP contribution >= 0.6 is 10.7 Å². The molecule has 0 aliphatic carbocycles. The summed E-state index contributed by atoms with van der Waals surface area (Å²) < 4.78 is 39.3. The predicted octanol–water partition coefficient (Wildman–Crippen LogP) is 1.90. The molecule has 0 fully saturated rings. The molecule has 6 heteroatoms. The maximum absolute atomic E-state index is 13.2. The molecule has 0 radical (unpaired) electrons. The van der Waals surface area contributed by atoms with Crippen molar-refractivity contribution in [1.29, 1.82) is 0 Å². The van der Waals surface area contributed by atoms with Crippen LogP contribution < -0.4 is 4.74 Å². The van der Waals surface area contributed by atoms with E-state index in [0.717, 1.165) is 6.07 Å². The van der Waals surface area contributed by atoms with Crippen LogP contribution in [0, 0.1) is 5.82 Å². The third kappa shape index (κ3) is 3.16. The molecule has 1 aromatic carbocycles. The van der Waals surface area contributed by atoms with Gasteiger partial charge in [-0.2, -0.15) is 0 Å². The normalized spacial score (nSPS) is 11.4. The number of hydrogen-bond donors (Lipinski definition) is 0. The lowest BCUT2D eigenvalue weighted by Gasteiger charge is -2.03. The Morgan fingerprint density at radius 2 is 2.14 bits per heavy atom. The Kier molecular flexibility index (Phi) is 3.34. The van der Waals surface area contributed by atoms with Gasteiger partial charge in [0.2, 0.25) is 9.05 Å². The monoisotopic (exact) mass is 238 g/mol. The Bertz CT molecular complexity index is 430. The van der Waals surface area contributed by atoms with E-state index < -0.39 is 20.6 Å². The smallest absolute Gasteiger partial charge is 0.236 e. The van der Waals surface area contributed by atoms with Crippen molar-refractivity contribution in [2.75, 3.05) is 7.11 Å². The average molecular weight is 239 g/mol. The number of benzene rings is 1. The molecule has 0 spiro atoms. The van der Waals surface area contributed by atoms with Gasteiger partial charge in [0.1, 0.15) is 11.6 Å². The molecule has 0 aliphatic heterocycles. The van der Waals surface area contributed by atoms with Crippen molar-refractivity contribution in [3.63, 3.8) is 0 Å². The largest absolute Gasteiger partial charge is 0.497 e. The highest BCUT2D eigenvalue weighted by molar-refractivity contribution is 8.13. The quantitative estimate of drug-likeness (QED) is 0.756. The summed E-state index contributed by atoms with van der Waals surface area (Å²) in [6.07, 6.45) is 0. The Morgan fingerprint density at radius 1 is 1.50 bits per heavy atom. The van der Waals surface area contributed by atoms with Gasteiger partial charge in [-0.15, -0.1) is 0 Å². The maximum atomic E-state index is 13.2. The summed E-state index contributed by atoms with van der Waals surface area (Å²) in [6.45, 7) is 0. The molecule has 1 aromatic rings. The van der Waals surface area contributed by atoms with E-state index in [-0.39, 0.29) is 5.56 Å². The molecular weight excluding hydrogens is 231 g/mol.